The molecule has 3 fully saturated rings. The Kier molecular flexibility index (Phi) is 14.0. The van der Waals surface area contributed by atoms with Gasteiger partial charge in [-0.25, -0.2) is 0 Å². The Bertz CT molecular complexity index is 898. The quantitative estimate of drug-likeness (QED) is 0.0884. The lowest BCUT2D eigenvalue weighted by molar-refractivity contribution is -0.320. The van der Waals surface area contributed by atoms with Gasteiger partial charge in [-0.3, -0.25) is 4.79 Å². The van der Waals surface area contributed by atoms with E-state index in [4.69, 9.17) is 47.0 Å². The fraction of sp³-hybridized carbons (Fsp3) is 0.958. The van der Waals surface area contributed by atoms with Crippen LogP contribution in [0.3, 0.4) is 0 Å². The SMILES string of the molecule is NCC(O)C(=O)NC1CC(N)C(OC2OC(CNCC(O)CO)C(O)C(O)C2N)C(O)C1OC1OC(CO)C(O)C(N)C1O. The first-order valence-corrected chi connectivity index (χ1v) is 14.3. The molecular weight excluding hydrogens is 596 g/mol. The molecule has 20 heteroatoms. The molecule has 0 radical (unpaired) electrons. The van der Waals surface area contributed by atoms with Crippen molar-refractivity contribution in [1.29, 1.82) is 0 Å². The Morgan fingerprint density at radius 2 is 1.48 bits per heavy atom. The molecule has 19 N–H and O–H groups in total. The number of carbonyl (C=O) groups is 1. The van der Waals surface area contributed by atoms with Gasteiger partial charge in [0.2, 0.25) is 5.91 Å². The molecule has 2 saturated heterocycles. The zero-order chi connectivity index (χ0) is 32.9. The third-order valence-corrected chi connectivity index (χ3v) is 8.08. The second-order valence-electron chi connectivity index (χ2n) is 11.3. The van der Waals surface area contributed by atoms with E-state index in [-0.39, 0.29) is 19.5 Å². The van der Waals surface area contributed by atoms with Crippen molar-refractivity contribution in [2.75, 3.05) is 32.8 Å². The highest BCUT2D eigenvalue weighted by molar-refractivity contribution is 5.81. The van der Waals surface area contributed by atoms with Gasteiger partial charge in [0.15, 0.2) is 12.6 Å². The minimum Gasteiger partial charge on any atom is -0.394 e. The van der Waals surface area contributed by atoms with Crippen molar-refractivity contribution < 1.29 is 69.7 Å². The number of aliphatic hydroxyl groups is 9. The van der Waals surface area contributed by atoms with Crippen LogP contribution < -0.4 is 33.6 Å². The molecule has 0 bridgehead atoms. The molecule has 258 valence electrons. The largest absolute Gasteiger partial charge is 0.394 e. The molecule has 0 aromatic rings. The maximum absolute atomic E-state index is 12.5. The van der Waals surface area contributed by atoms with Gasteiger partial charge in [0.25, 0.3) is 0 Å². The summed E-state index contributed by atoms with van der Waals surface area (Å²) in [5.41, 5.74) is 23.6. The van der Waals surface area contributed by atoms with Gasteiger partial charge < -0.3 is 98.5 Å². The van der Waals surface area contributed by atoms with Gasteiger partial charge in [0.1, 0.15) is 61.0 Å². The molecule has 0 aromatic carbocycles. The Morgan fingerprint density at radius 1 is 0.841 bits per heavy atom. The van der Waals surface area contributed by atoms with E-state index < -0.39 is 130 Å². The molecule has 1 saturated carbocycles. The summed E-state index contributed by atoms with van der Waals surface area (Å²) in [6, 6.07) is -4.82. The third kappa shape index (κ3) is 8.56. The van der Waals surface area contributed by atoms with Crippen LogP contribution in [0.15, 0.2) is 0 Å². The van der Waals surface area contributed by atoms with E-state index in [9.17, 15) is 45.6 Å². The van der Waals surface area contributed by atoms with Gasteiger partial charge in [-0.2, -0.15) is 0 Å². The molecule has 17 unspecified atom stereocenters. The summed E-state index contributed by atoms with van der Waals surface area (Å²) in [4.78, 5) is 12.5. The predicted octanol–water partition coefficient (Wildman–Crippen LogP) is -9.86. The van der Waals surface area contributed by atoms with Crippen LogP contribution in [0.25, 0.3) is 0 Å². The molecule has 20 nitrogen and oxygen atoms in total. The van der Waals surface area contributed by atoms with Crippen LogP contribution in [0.1, 0.15) is 6.42 Å². The van der Waals surface area contributed by atoms with E-state index in [2.05, 4.69) is 10.6 Å². The predicted molar refractivity (Wildman–Crippen MR) is 146 cm³/mol. The lowest BCUT2D eigenvalue weighted by Crippen LogP contribution is -2.70. The van der Waals surface area contributed by atoms with Crippen LogP contribution in [0.4, 0.5) is 0 Å². The molecule has 44 heavy (non-hydrogen) atoms. The van der Waals surface area contributed by atoms with Crippen molar-refractivity contribution >= 4 is 5.91 Å². The minimum atomic E-state index is -1.72. The average molecular weight is 645 g/mol. The number of hydrogen-bond acceptors (Lipinski definition) is 19. The lowest BCUT2D eigenvalue weighted by atomic mass is 9.83. The topological polar surface area (TPSA) is 364 Å². The average Bonchev–Trinajstić information content (AvgIpc) is 3.00. The van der Waals surface area contributed by atoms with E-state index in [1.807, 2.05) is 0 Å². The van der Waals surface area contributed by atoms with E-state index in [0.29, 0.717) is 0 Å². The zero-order valence-corrected chi connectivity index (χ0v) is 23.9. The minimum absolute atomic E-state index is 0.0547. The second-order valence-corrected chi connectivity index (χ2v) is 11.3. The second kappa shape index (κ2) is 16.5. The van der Waals surface area contributed by atoms with E-state index in [1.54, 1.807) is 0 Å². The highest BCUT2D eigenvalue weighted by Gasteiger charge is 2.52. The fourth-order valence-corrected chi connectivity index (χ4v) is 5.36. The summed E-state index contributed by atoms with van der Waals surface area (Å²) in [6.07, 6.45) is -18.9. The molecule has 1 aliphatic carbocycles. The standard InChI is InChI=1S/C24H48N6O14/c25-2-10(34)22(40)30-9-1-8(26)20(19(39)21(9)44-24-18(38)13(27)15(35)12(6-32)42-24)43-23-14(28)17(37)16(36)11(41-23)4-29-3-7(33)5-31/h7-21,23-24,29,31-39H,1-6,25-28H2,(H,30,40). The summed E-state index contributed by atoms with van der Waals surface area (Å²) in [6.45, 7) is -1.77. The summed E-state index contributed by atoms with van der Waals surface area (Å²) in [7, 11) is 0. The van der Waals surface area contributed by atoms with Crippen LogP contribution in [0, 0.1) is 0 Å². The normalized spacial score (nSPS) is 44.6. The van der Waals surface area contributed by atoms with Crippen molar-refractivity contribution in [2.24, 2.45) is 22.9 Å². The third-order valence-electron chi connectivity index (χ3n) is 8.08. The summed E-state index contributed by atoms with van der Waals surface area (Å²) in [5, 5.41) is 96.6. The van der Waals surface area contributed by atoms with Crippen LogP contribution in [0.2, 0.25) is 0 Å². The summed E-state index contributed by atoms with van der Waals surface area (Å²) in [5.74, 6) is -0.910. The number of hydrogen-bond donors (Lipinski definition) is 15. The first kappa shape index (κ1) is 37.2. The number of nitrogens with one attached hydrogen (secondary N) is 2. The van der Waals surface area contributed by atoms with Crippen LogP contribution in [0.5, 0.6) is 0 Å². The molecule has 0 aromatic heterocycles. The van der Waals surface area contributed by atoms with Gasteiger partial charge in [0.05, 0.1) is 37.4 Å². The molecule has 1 amide bonds. The van der Waals surface area contributed by atoms with Gasteiger partial charge in [-0.1, -0.05) is 0 Å². The monoisotopic (exact) mass is 644 g/mol. The van der Waals surface area contributed by atoms with Crippen molar-refractivity contribution in [3.63, 3.8) is 0 Å². The Hall–Kier alpha value is -1.25. The van der Waals surface area contributed by atoms with Crippen molar-refractivity contribution in [3.8, 4) is 0 Å². The van der Waals surface area contributed by atoms with Gasteiger partial charge >= 0.3 is 0 Å². The highest BCUT2D eigenvalue weighted by Crippen LogP contribution is 2.31. The van der Waals surface area contributed by atoms with Crippen molar-refractivity contribution in [1.82, 2.24) is 10.6 Å². The maximum atomic E-state index is 12.5. The number of carbonyl (C=O) groups excluding carboxylic acids is 1. The molecule has 17 atom stereocenters. The number of ether oxygens (including phenoxy) is 4. The number of nitrogens with two attached hydrogens (primary N) is 4. The number of rotatable bonds is 13. The molecule has 0 spiro atoms. The first-order valence-electron chi connectivity index (χ1n) is 14.3. The van der Waals surface area contributed by atoms with E-state index in [1.165, 1.54) is 0 Å². The Morgan fingerprint density at radius 3 is 2.09 bits per heavy atom. The van der Waals surface area contributed by atoms with Crippen LogP contribution in [-0.4, -0.2) is 189 Å². The van der Waals surface area contributed by atoms with E-state index >= 15 is 0 Å². The van der Waals surface area contributed by atoms with Crippen molar-refractivity contribution in [2.45, 2.75) is 110 Å². The smallest absolute Gasteiger partial charge is 0.250 e. The number of aliphatic hydroxyl groups excluding tert-OH is 9. The Labute approximate surface area is 252 Å². The van der Waals surface area contributed by atoms with Crippen molar-refractivity contribution in [3.05, 3.63) is 0 Å². The van der Waals surface area contributed by atoms with Gasteiger partial charge in [-0.15, -0.1) is 0 Å². The van der Waals surface area contributed by atoms with Crippen LogP contribution in [-0.2, 0) is 23.7 Å². The zero-order valence-electron chi connectivity index (χ0n) is 23.9. The fourth-order valence-electron chi connectivity index (χ4n) is 5.36. The molecular formula is C24H48N6O14. The van der Waals surface area contributed by atoms with E-state index in [0.717, 1.165) is 0 Å². The summed E-state index contributed by atoms with van der Waals surface area (Å²) >= 11 is 0. The van der Waals surface area contributed by atoms with Crippen LogP contribution >= 0.6 is 0 Å². The van der Waals surface area contributed by atoms with Gasteiger partial charge in [0, 0.05) is 25.7 Å². The summed E-state index contributed by atoms with van der Waals surface area (Å²) < 4.78 is 23.0. The number of amides is 1. The maximum Gasteiger partial charge on any atom is 0.250 e. The molecule has 2 aliphatic heterocycles. The Balaban J connectivity index is 1.81. The first-order chi connectivity index (χ1) is 20.7. The van der Waals surface area contributed by atoms with Gasteiger partial charge in [-0.05, 0) is 6.42 Å². The molecule has 3 aliphatic rings. The molecule has 3 rings (SSSR count). The lowest BCUT2D eigenvalue weighted by Gasteiger charge is -2.49. The molecule has 2 heterocycles. The highest BCUT2D eigenvalue weighted by atomic mass is 16.7.